The van der Waals surface area contributed by atoms with E-state index in [0.29, 0.717) is 23.1 Å². The second-order valence-electron chi connectivity index (χ2n) is 5.27. The van der Waals surface area contributed by atoms with Gasteiger partial charge in [0.05, 0.1) is 17.2 Å². The van der Waals surface area contributed by atoms with Crippen LogP contribution in [-0.4, -0.2) is 15.0 Å². The second-order valence-corrected chi connectivity index (χ2v) is 6.93. The third-order valence-corrected chi connectivity index (χ3v) is 5.04. The highest BCUT2D eigenvalue weighted by atomic mass is 32.2. The van der Waals surface area contributed by atoms with Crippen molar-refractivity contribution in [2.75, 3.05) is 11.3 Å². The van der Waals surface area contributed by atoms with Crippen molar-refractivity contribution in [2.24, 2.45) is 0 Å². The van der Waals surface area contributed by atoms with E-state index in [1.54, 1.807) is 30.3 Å². The molecule has 0 saturated carbocycles. The Kier molecular flexibility index (Phi) is 4.59. The van der Waals surface area contributed by atoms with E-state index in [-0.39, 0.29) is 10.6 Å². The van der Waals surface area contributed by atoms with E-state index in [1.165, 1.54) is 6.07 Å². The van der Waals surface area contributed by atoms with Crippen molar-refractivity contribution in [1.29, 1.82) is 0 Å². The van der Waals surface area contributed by atoms with Gasteiger partial charge in [0.25, 0.3) is 10.0 Å². The maximum atomic E-state index is 13.3. The third kappa shape index (κ3) is 3.41. The molecule has 3 rings (SSSR count). The Morgan fingerprint density at radius 1 is 0.960 bits per heavy atom. The first-order chi connectivity index (χ1) is 11.9. The number of halogens is 2. The van der Waals surface area contributed by atoms with Gasteiger partial charge in [0.2, 0.25) is 0 Å². The summed E-state index contributed by atoms with van der Waals surface area (Å²) in [5.74, 6) is -1.60. The van der Waals surface area contributed by atoms with Crippen LogP contribution in [0.3, 0.4) is 0 Å². The summed E-state index contributed by atoms with van der Waals surface area (Å²) < 4.78 is 59.6. The van der Waals surface area contributed by atoms with Crippen molar-refractivity contribution in [3.8, 4) is 5.75 Å². The first-order valence-corrected chi connectivity index (χ1v) is 9.03. The molecule has 0 aromatic heterocycles. The van der Waals surface area contributed by atoms with Crippen LogP contribution in [-0.2, 0) is 10.0 Å². The van der Waals surface area contributed by atoms with E-state index in [2.05, 4.69) is 4.72 Å². The molecule has 3 aromatic rings. The average molecular weight is 363 g/mol. The molecule has 0 atom stereocenters. The van der Waals surface area contributed by atoms with E-state index in [4.69, 9.17) is 4.74 Å². The zero-order valence-electron chi connectivity index (χ0n) is 13.3. The maximum Gasteiger partial charge on any atom is 0.262 e. The van der Waals surface area contributed by atoms with Crippen molar-refractivity contribution in [3.63, 3.8) is 0 Å². The fraction of sp³-hybridized carbons (Fsp3) is 0.111. The largest absolute Gasteiger partial charge is 0.493 e. The molecule has 25 heavy (non-hydrogen) atoms. The summed E-state index contributed by atoms with van der Waals surface area (Å²) in [6, 6.07) is 12.7. The molecule has 0 bridgehead atoms. The quantitative estimate of drug-likeness (QED) is 0.735. The summed E-state index contributed by atoms with van der Waals surface area (Å²) in [7, 11) is -4.00. The number of benzene rings is 3. The Morgan fingerprint density at radius 3 is 2.36 bits per heavy atom. The van der Waals surface area contributed by atoms with Gasteiger partial charge in [0, 0.05) is 16.8 Å². The molecule has 1 N–H and O–H groups in total. The van der Waals surface area contributed by atoms with Gasteiger partial charge in [0.15, 0.2) is 11.6 Å². The number of hydrogen-bond donors (Lipinski definition) is 1. The fourth-order valence-corrected chi connectivity index (χ4v) is 3.79. The molecule has 0 aliphatic rings. The van der Waals surface area contributed by atoms with Crippen molar-refractivity contribution in [3.05, 3.63) is 66.2 Å². The zero-order chi connectivity index (χ0) is 18.0. The van der Waals surface area contributed by atoms with Crippen molar-refractivity contribution >= 4 is 26.5 Å². The first-order valence-electron chi connectivity index (χ1n) is 7.55. The SMILES string of the molecule is CCOc1ccc(S(=O)(=O)Nc2ccc(F)c(F)c2)c2ccccc12. The van der Waals surface area contributed by atoms with E-state index in [1.807, 2.05) is 6.92 Å². The van der Waals surface area contributed by atoms with Crippen LogP contribution in [0.5, 0.6) is 5.75 Å². The Labute approximate surface area is 144 Å². The standard InChI is InChI=1S/C18H15F2NO3S/c1-2-24-17-9-10-18(14-6-4-3-5-13(14)17)25(22,23)21-12-7-8-15(19)16(20)11-12/h3-11,21H,2H2,1H3. The lowest BCUT2D eigenvalue weighted by Crippen LogP contribution is -2.14. The van der Waals surface area contributed by atoms with Gasteiger partial charge in [-0.1, -0.05) is 24.3 Å². The lowest BCUT2D eigenvalue weighted by atomic mass is 10.1. The number of fused-ring (bicyclic) bond motifs is 1. The highest BCUT2D eigenvalue weighted by Crippen LogP contribution is 2.32. The second kappa shape index (κ2) is 6.68. The Balaban J connectivity index is 2.08. The fourth-order valence-electron chi connectivity index (χ4n) is 2.53. The lowest BCUT2D eigenvalue weighted by molar-refractivity contribution is 0.344. The highest BCUT2D eigenvalue weighted by Gasteiger charge is 2.19. The number of anilines is 1. The van der Waals surface area contributed by atoms with Crippen LogP contribution in [0.1, 0.15) is 6.92 Å². The highest BCUT2D eigenvalue weighted by molar-refractivity contribution is 7.93. The molecule has 3 aromatic carbocycles. The number of ether oxygens (including phenoxy) is 1. The molecule has 0 fully saturated rings. The summed E-state index contributed by atoms with van der Waals surface area (Å²) in [6.07, 6.45) is 0. The molecule has 0 spiro atoms. The van der Waals surface area contributed by atoms with Gasteiger partial charge in [-0.3, -0.25) is 4.72 Å². The van der Waals surface area contributed by atoms with Crippen molar-refractivity contribution < 1.29 is 21.9 Å². The molecule has 0 amide bonds. The minimum absolute atomic E-state index is 0.0243. The molecular formula is C18H15F2NO3S. The molecule has 0 radical (unpaired) electrons. The van der Waals surface area contributed by atoms with Crippen molar-refractivity contribution in [2.45, 2.75) is 11.8 Å². The average Bonchev–Trinajstić information content (AvgIpc) is 2.58. The van der Waals surface area contributed by atoms with E-state index in [0.717, 1.165) is 18.2 Å². The predicted molar refractivity (Wildman–Crippen MR) is 92.3 cm³/mol. The first kappa shape index (κ1) is 17.2. The minimum atomic E-state index is -4.00. The van der Waals surface area contributed by atoms with Crippen LogP contribution in [0.25, 0.3) is 10.8 Å². The van der Waals surface area contributed by atoms with E-state index in [9.17, 15) is 17.2 Å². The normalized spacial score (nSPS) is 11.5. The van der Waals surface area contributed by atoms with Crippen LogP contribution in [0.2, 0.25) is 0 Å². The van der Waals surface area contributed by atoms with Crippen LogP contribution in [0.4, 0.5) is 14.5 Å². The molecule has 4 nitrogen and oxygen atoms in total. The molecule has 0 saturated heterocycles. The smallest absolute Gasteiger partial charge is 0.262 e. The van der Waals surface area contributed by atoms with Crippen LogP contribution in [0.15, 0.2) is 59.5 Å². The Hall–Kier alpha value is -2.67. The monoisotopic (exact) mass is 363 g/mol. The summed E-state index contributed by atoms with van der Waals surface area (Å²) in [5, 5.41) is 1.13. The summed E-state index contributed by atoms with van der Waals surface area (Å²) in [6.45, 7) is 2.28. The van der Waals surface area contributed by atoms with Gasteiger partial charge in [-0.25, -0.2) is 17.2 Å². The molecule has 0 aliphatic carbocycles. The molecular weight excluding hydrogens is 348 g/mol. The van der Waals surface area contributed by atoms with Gasteiger partial charge in [0.1, 0.15) is 5.75 Å². The van der Waals surface area contributed by atoms with Gasteiger partial charge in [-0.15, -0.1) is 0 Å². The minimum Gasteiger partial charge on any atom is -0.493 e. The number of hydrogen-bond acceptors (Lipinski definition) is 3. The zero-order valence-corrected chi connectivity index (χ0v) is 14.1. The Morgan fingerprint density at radius 2 is 1.68 bits per heavy atom. The lowest BCUT2D eigenvalue weighted by Gasteiger charge is -2.13. The van der Waals surface area contributed by atoms with Crippen LogP contribution >= 0.6 is 0 Å². The number of nitrogens with one attached hydrogen (secondary N) is 1. The number of sulfonamides is 1. The third-order valence-electron chi connectivity index (χ3n) is 3.61. The van der Waals surface area contributed by atoms with Crippen LogP contribution in [0, 0.1) is 11.6 Å². The molecule has 7 heteroatoms. The molecule has 0 unspecified atom stereocenters. The Bertz CT molecular complexity index is 1040. The molecule has 130 valence electrons. The molecule has 0 heterocycles. The summed E-state index contributed by atoms with van der Waals surface area (Å²) in [5.41, 5.74) is -0.0585. The predicted octanol–water partition coefficient (Wildman–Crippen LogP) is 4.32. The summed E-state index contributed by atoms with van der Waals surface area (Å²) in [4.78, 5) is 0.0243. The summed E-state index contributed by atoms with van der Waals surface area (Å²) >= 11 is 0. The topological polar surface area (TPSA) is 55.4 Å². The van der Waals surface area contributed by atoms with Gasteiger partial charge in [-0.2, -0.15) is 0 Å². The molecule has 0 aliphatic heterocycles. The van der Waals surface area contributed by atoms with E-state index < -0.39 is 21.7 Å². The van der Waals surface area contributed by atoms with Gasteiger partial charge >= 0.3 is 0 Å². The van der Waals surface area contributed by atoms with Gasteiger partial charge < -0.3 is 4.74 Å². The van der Waals surface area contributed by atoms with Gasteiger partial charge in [-0.05, 0) is 31.2 Å². The van der Waals surface area contributed by atoms with Crippen LogP contribution < -0.4 is 9.46 Å². The van der Waals surface area contributed by atoms with Crippen molar-refractivity contribution in [1.82, 2.24) is 0 Å². The van der Waals surface area contributed by atoms with E-state index >= 15 is 0 Å². The number of rotatable bonds is 5. The maximum absolute atomic E-state index is 13.3.